The van der Waals surface area contributed by atoms with Crippen LogP contribution in [0.25, 0.3) is 0 Å². The summed E-state index contributed by atoms with van der Waals surface area (Å²) >= 11 is 0. The van der Waals surface area contributed by atoms with Crippen molar-refractivity contribution in [3.8, 4) is 5.75 Å². The van der Waals surface area contributed by atoms with Crippen LogP contribution in [0.4, 0.5) is 5.69 Å². The molecule has 0 unspecified atom stereocenters. The van der Waals surface area contributed by atoms with Gasteiger partial charge in [0.05, 0.1) is 0 Å². The maximum absolute atomic E-state index is 12.6. The second-order valence-electron chi connectivity index (χ2n) is 7.24. The fourth-order valence-electron chi connectivity index (χ4n) is 3.30. The Bertz CT molecular complexity index is 1000. The molecule has 1 amide bonds. The van der Waals surface area contributed by atoms with Crippen LogP contribution in [0.15, 0.2) is 66.7 Å². The normalized spacial score (nSPS) is 11.6. The summed E-state index contributed by atoms with van der Waals surface area (Å²) in [5.74, 6) is 0.271. The van der Waals surface area contributed by atoms with Crippen LogP contribution < -0.4 is 10.1 Å². The van der Waals surface area contributed by atoms with E-state index in [9.17, 15) is 9.59 Å². The van der Waals surface area contributed by atoms with Gasteiger partial charge >= 0.3 is 0 Å². The summed E-state index contributed by atoms with van der Waals surface area (Å²) < 4.78 is 5.77. The first-order valence-electron chi connectivity index (χ1n) is 9.60. The van der Waals surface area contributed by atoms with E-state index < -0.39 is 6.10 Å². The van der Waals surface area contributed by atoms with E-state index in [4.69, 9.17) is 4.74 Å². The first-order valence-corrected chi connectivity index (χ1v) is 9.60. The van der Waals surface area contributed by atoms with Crippen molar-refractivity contribution in [2.75, 3.05) is 5.32 Å². The van der Waals surface area contributed by atoms with E-state index in [1.165, 1.54) is 0 Å². The van der Waals surface area contributed by atoms with Gasteiger partial charge in [-0.15, -0.1) is 0 Å². The molecule has 0 bridgehead atoms. The lowest BCUT2D eigenvalue weighted by atomic mass is 10.0. The number of anilines is 1. The van der Waals surface area contributed by atoms with Crippen LogP contribution in [-0.2, 0) is 4.79 Å². The largest absolute Gasteiger partial charge is 0.481 e. The summed E-state index contributed by atoms with van der Waals surface area (Å²) in [6, 6.07) is 20.0. The zero-order chi connectivity index (χ0) is 21.0. The zero-order valence-electron chi connectivity index (χ0n) is 17.2. The quantitative estimate of drug-likeness (QED) is 0.588. The average molecular weight is 387 g/mol. The number of carbonyl (C=O) groups is 2. The Hall–Kier alpha value is -3.40. The average Bonchev–Trinajstić information content (AvgIpc) is 2.71. The Morgan fingerprint density at radius 3 is 1.97 bits per heavy atom. The summed E-state index contributed by atoms with van der Waals surface area (Å²) in [6.45, 7) is 7.69. The third kappa shape index (κ3) is 4.91. The lowest BCUT2D eigenvalue weighted by Gasteiger charge is -2.17. The lowest BCUT2D eigenvalue weighted by molar-refractivity contribution is -0.122. The highest BCUT2D eigenvalue weighted by Gasteiger charge is 2.17. The van der Waals surface area contributed by atoms with Crippen LogP contribution in [0.2, 0.25) is 0 Å². The number of carbonyl (C=O) groups excluding carboxylic acids is 2. The minimum Gasteiger partial charge on any atom is -0.481 e. The van der Waals surface area contributed by atoms with E-state index in [1.54, 1.807) is 43.3 Å². The lowest BCUT2D eigenvalue weighted by Crippen LogP contribution is -2.30. The predicted octanol–water partition coefficient (Wildman–Crippen LogP) is 5.25. The highest BCUT2D eigenvalue weighted by Crippen LogP contribution is 2.23. The molecule has 0 aliphatic heterocycles. The maximum Gasteiger partial charge on any atom is 0.265 e. The molecule has 3 aromatic carbocycles. The molecule has 0 heterocycles. The van der Waals surface area contributed by atoms with Crippen LogP contribution in [-0.4, -0.2) is 17.8 Å². The summed E-state index contributed by atoms with van der Waals surface area (Å²) in [6.07, 6.45) is -0.675. The SMILES string of the molecule is Cc1cc(C)c(NC(=O)[C@H](C)Oc2ccc(C(=O)c3ccccc3)cc2)c(C)c1. The van der Waals surface area contributed by atoms with Crippen molar-refractivity contribution in [2.24, 2.45) is 0 Å². The summed E-state index contributed by atoms with van der Waals surface area (Å²) in [4.78, 5) is 25.1. The highest BCUT2D eigenvalue weighted by atomic mass is 16.5. The third-order valence-corrected chi connectivity index (χ3v) is 4.76. The number of amides is 1. The monoisotopic (exact) mass is 387 g/mol. The molecule has 0 aromatic heterocycles. The molecule has 0 spiro atoms. The van der Waals surface area contributed by atoms with Gasteiger partial charge in [0.1, 0.15) is 5.75 Å². The number of ketones is 1. The molecule has 3 aromatic rings. The zero-order valence-corrected chi connectivity index (χ0v) is 17.2. The molecule has 3 rings (SSSR count). The predicted molar refractivity (Wildman–Crippen MR) is 116 cm³/mol. The van der Waals surface area contributed by atoms with Gasteiger partial charge in [-0.3, -0.25) is 9.59 Å². The van der Waals surface area contributed by atoms with Crippen molar-refractivity contribution < 1.29 is 14.3 Å². The van der Waals surface area contributed by atoms with E-state index in [0.29, 0.717) is 16.9 Å². The van der Waals surface area contributed by atoms with Crippen molar-refractivity contribution in [3.05, 3.63) is 94.5 Å². The first kappa shape index (κ1) is 20.3. The molecule has 1 atom stereocenters. The smallest absolute Gasteiger partial charge is 0.265 e. The summed E-state index contributed by atoms with van der Waals surface area (Å²) in [7, 11) is 0. The molecule has 0 fully saturated rings. The number of ether oxygens (including phenoxy) is 1. The molecule has 0 radical (unpaired) electrons. The summed E-state index contributed by atoms with van der Waals surface area (Å²) in [5, 5.41) is 2.96. The van der Waals surface area contributed by atoms with Gasteiger partial charge < -0.3 is 10.1 Å². The van der Waals surface area contributed by atoms with Crippen LogP contribution >= 0.6 is 0 Å². The Balaban J connectivity index is 1.65. The van der Waals surface area contributed by atoms with Crippen LogP contribution in [0.1, 0.15) is 39.5 Å². The Morgan fingerprint density at radius 2 is 1.38 bits per heavy atom. The van der Waals surface area contributed by atoms with E-state index in [0.717, 1.165) is 22.4 Å². The van der Waals surface area contributed by atoms with Crippen LogP contribution in [0, 0.1) is 20.8 Å². The highest BCUT2D eigenvalue weighted by molar-refractivity contribution is 6.09. The van der Waals surface area contributed by atoms with Gasteiger partial charge in [0.2, 0.25) is 0 Å². The molecule has 0 aliphatic carbocycles. The van der Waals surface area contributed by atoms with Crippen LogP contribution in [0.5, 0.6) is 5.75 Å². The van der Waals surface area contributed by atoms with E-state index in [1.807, 2.05) is 51.1 Å². The molecule has 0 saturated carbocycles. The molecule has 29 heavy (non-hydrogen) atoms. The maximum atomic E-state index is 12.6. The van der Waals surface area contributed by atoms with Crippen molar-refractivity contribution in [1.29, 1.82) is 0 Å². The summed E-state index contributed by atoms with van der Waals surface area (Å²) in [5.41, 5.74) is 5.23. The van der Waals surface area contributed by atoms with Gasteiger partial charge in [0.25, 0.3) is 5.91 Å². The van der Waals surface area contributed by atoms with Crippen LogP contribution in [0.3, 0.4) is 0 Å². The number of benzene rings is 3. The van der Waals surface area contributed by atoms with Gasteiger partial charge in [-0.2, -0.15) is 0 Å². The number of hydrogen-bond acceptors (Lipinski definition) is 3. The minimum atomic E-state index is -0.675. The second-order valence-corrected chi connectivity index (χ2v) is 7.24. The Labute approximate surface area is 171 Å². The number of aryl methyl sites for hydroxylation is 3. The second kappa shape index (κ2) is 8.74. The van der Waals surface area contributed by atoms with Gasteiger partial charge in [0.15, 0.2) is 11.9 Å². The van der Waals surface area contributed by atoms with Gasteiger partial charge in [0, 0.05) is 16.8 Å². The Kier molecular flexibility index (Phi) is 6.13. The van der Waals surface area contributed by atoms with E-state index in [2.05, 4.69) is 5.32 Å². The fourth-order valence-corrected chi connectivity index (χ4v) is 3.30. The fraction of sp³-hybridized carbons (Fsp3) is 0.200. The van der Waals surface area contributed by atoms with Gasteiger partial charge in [-0.05, 0) is 63.1 Å². The molecule has 1 N–H and O–H groups in total. The molecule has 0 saturated heterocycles. The topological polar surface area (TPSA) is 55.4 Å². The van der Waals surface area contributed by atoms with Gasteiger partial charge in [-0.25, -0.2) is 0 Å². The van der Waals surface area contributed by atoms with E-state index >= 15 is 0 Å². The van der Waals surface area contributed by atoms with Crippen molar-refractivity contribution >= 4 is 17.4 Å². The molecule has 148 valence electrons. The molecular weight excluding hydrogens is 362 g/mol. The van der Waals surface area contributed by atoms with E-state index in [-0.39, 0.29) is 11.7 Å². The molecule has 4 heteroatoms. The van der Waals surface area contributed by atoms with Crippen molar-refractivity contribution in [1.82, 2.24) is 0 Å². The van der Waals surface area contributed by atoms with Crippen molar-refractivity contribution in [3.63, 3.8) is 0 Å². The standard InChI is InChI=1S/C25H25NO3/c1-16-14-17(2)23(18(3)15-16)26-25(28)19(4)29-22-12-10-21(11-13-22)24(27)20-8-6-5-7-9-20/h5-15,19H,1-4H3,(H,26,28)/t19-/m0/s1. The molecule has 0 aliphatic rings. The van der Waals surface area contributed by atoms with Gasteiger partial charge in [-0.1, -0.05) is 48.0 Å². The Morgan fingerprint density at radius 1 is 0.828 bits per heavy atom. The molecule has 4 nitrogen and oxygen atoms in total. The number of rotatable bonds is 6. The molecular formula is C25H25NO3. The van der Waals surface area contributed by atoms with Crippen molar-refractivity contribution in [2.45, 2.75) is 33.8 Å². The first-order chi connectivity index (χ1) is 13.8. The number of nitrogens with one attached hydrogen (secondary N) is 1. The number of hydrogen-bond donors (Lipinski definition) is 1. The third-order valence-electron chi connectivity index (χ3n) is 4.76. The minimum absolute atomic E-state index is 0.0479.